The van der Waals surface area contributed by atoms with Gasteiger partial charge in [0.2, 0.25) is 0 Å². The number of ether oxygens (including phenoxy) is 2. The summed E-state index contributed by atoms with van der Waals surface area (Å²) in [5, 5.41) is 9.13. The molecule has 37 heavy (non-hydrogen) atoms. The van der Waals surface area contributed by atoms with E-state index in [2.05, 4.69) is 30.7 Å². The number of benzene rings is 2. The molecule has 0 bridgehead atoms. The Morgan fingerprint density at radius 1 is 1.08 bits per heavy atom. The molecule has 0 saturated heterocycles. The van der Waals surface area contributed by atoms with Crippen LogP contribution in [0, 0.1) is 6.92 Å². The van der Waals surface area contributed by atoms with Crippen LogP contribution in [0.4, 0.5) is 20.3 Å². The lowest BCUT2D eigenvalue weighted by Gasteiger charge is -2.12. The fourth-order valence-corrected chi connectivity index (χ4v) is 3.77. The number of carbonyl (C=O) groups is 1. The van der Waals surface area contributed by atoms with Gasteiger partial charge < -0.3 is 25.4 Å². The summed E-state index contributed by atoms with van der Waals surface area (Å²) in [4.78, 5) is 21.5. The number of likely N-dealkylation sites (N-methyl/N-ethyl adjacent to an activating group) is 1. The Morgan fingerprint density at radius 3 is 2.59 bits per heavy atom. The molecule has 0 atom stereocenters. The monoisotopic (exact) mass is 510 g/mol. The number of anilines is 2. The SMILES string of the molecule is CNCCOCCNC(=O)c1ccc(Nc2nccn3c(-c4ccc(OC(F)F)cc4)cnc23)cc1C. The molecule has 4 rings (SSSR count). The molecule has 0 aliphatic carbocycles. The molecule has 2 aromatic heterocycles. The van der Waals surface area contributed by atoms with Crippen LogP contribution in [-0.4, -0.2) is 60.2 Å². The molecule has 0 spiro atoms. The first-order chi connectivity index (χ1) is 18.0. The van der Waals surface area contributed by atoms with Gasteiger partial charge in [-0.3, -0.25) is 9.20 Å². The number of aromatic nitrogens is 3. The normalized spacial score (nSPS) is 11.2. The van der Waals surface area contributed by atoms with Crippen LogP contribution in [0.25, 0.3) is 16.9 Å². The number of carbonyl (C=O) groups excluding carboxylic acids is 1. The first-order valence-electron chi connectivity index (χ1n) is 11.7. The first kappa shape index (κ1) is 26.0. The van der Waals surface area contributed by atoms with Gasteiger partial charge in [0.15, 0.2) is 11.5 Å². The van der Waals surface area contributed by atoms with E-state index in [4.69, 9.17) is 4.74 Å². The fraction of sp³-hybridized carbons (Fsp3) is 0.269. The zero-order valence-electron chi connectivity index (χ0n) is 20.5. The van der Waals surface area contributed by atoms with Crippen LogP contribution in [0.2, 0.25) is 0 Å². The van der Waals surface area contributed by atoms with Crippen molar-refractivity contribution in [2.24, 2.45) is 0 Å². The van der Waals surface area contributed by atoms with Crippen LogP contribution in [0.15, 0.2) is 61.1 Å². The first-order valence-corrected chi connectivity index (χ1v) is 11.7. The number of fused-ring (bicyclic) bond motifs is 1. The summed E-state index contributed by atoms with van der Waals surface area (Å²) in [6.45, 7) is 1.22. The van der Waals surface area contributed by atoms with E-state index in [9.17, 15) is 13.6 Å². The van der Waals surface area contributed by atoms with Gasteiger partial charge in [-0.25, -0.2) is 9.97 Å². The number of nitrogens with zero attached hydrogens (tertiary/aromatic N) is 3. The molecule has 0 saturated carbocycles. The van der Waals surface area contributed by atoms with Crippen molar-refractivity contribution in [2.45, 2.75) is 13.5 Å². The van der Waals surface area contributed by atoms with E-state index in [0.717, 1.165) is 29.1 Å². The Hall–Kier alpha value is -4.09. The number of hydrogen-bond donors (Lipinski definition) is 3. The summed E-state index contributed by atoms with van der Waals surface area (Å²) in [5.74, 6) is 0.452. The smallest absolute Gasteiger partial charge is 0.387 e. The molecule has 2 aromatic carbocycles. The average Bonchev–Trinajstić information content (AvgIpc) is 3.31. The van der Waals surface area contributed by atoms with E-state index in [0.29, 0.717) is 36.8 Å². The third-order valence-electron chi connectivity index (χ3n) is 5.57. The molecule has 0 radical (unpaired) electrons. The minimum absolute atomic E-state index is 0.0851. The van der Waals surface area contributed by atoms with Gasteiger partial charge in [0.05, 0.1) is 25.1 Å². The van der Waals surface area contributed by atoms with E-state index in [1.807, 2.05) is 30.5 Å². The summed E-state index contributed by atoms with van der Waals surface area (Å²) in [5.41, 5.74) is 4.27. The lowest BCUT2D eigenvalue weighted by molar-refractivity contribution is -0.0498. The van der Waals surface area contributed by atoms with Crippen LogP contribution in [0.3, 0.4) is 0 Å². The van der Waals surface area contributed by atoms with Gasteiger partial charge in [0, 0.05) is 42.3 Å². The number of imidazole rings is 1. The molecular formula is C26H28F2N6O3. The quantitative estimate of drug-likeness (QED) is 0.248. The van der Waals surface area contributed by atoms with Gasteiger partial charge in [0.1, 0.15) is 5.75 Å². The van der Waals surface area contributed by atoms with Crippen molar-refractivity contribution in [2.75, 3.05) is 38.7 Å². The van der Waals surface area contributed by atoms with E-state index in [1.54, 1.807) is 36.8 Å². The molecular weight excluding hydrogens is 482 g/mol. The van der Waals surface area contributed by atoms with Crippen molar-refractivity contribution >= 4 is 23.1 Å². The van der Waals surface area contributed by atoms with Gasteiger partial charge in [0.25, 0.3) is 5.91 Å². The highest BCUT2D eigenvalue weighted by Crippen LogP contribution is 2.27. The van der Waals surface area contributed by atoms with Crippen LogP contribution in [0.5, 0.6) is 5.75 Å². The molecule has 3 N–H and O–H groups in total. The Bertz CT molecular complexity index is 1340. The summed E-state index contributed by atoms with van der Waals surface area (Å²) >= 11 is 0. The summed E-state index contributed by atoms with van der Waals surface area (Å²) in [6, 6.07) is 11.8. The molecule has 9 nitrogen and oxygen atoms in total. The zero-order chi connectivity index (χ0) is 26.2. The van der Waals surface area contributed by atoms with Crippen molar-refractivity contribution in [3.63, 3.8) is 0 Å². The lowest BCUT2D eigenvalue weighted by atomic mass is 10.1. The molecule has 11 heteroatoms. The highest BCUT2D eigenvalue weighted by Gasteiger charge is 2.13. The van der Waals surface area contributed by atoms with E-state index in [1.165, 1.54) is 12.1 Å². The fourth-order valence-electron chi connectivity index (χ4n) is 3.77. The van der Waals surface area contributed by atoms with Crippen molar-refractivity contribution in [3.8, 4) is 17.0 Å². The molecule has 0 unspecified atom stereocenters. The second-order valence-corrected chi connectivity index (χ2v) is 8.14. The highest BCUT2D eigenvalue weighted by atomic mass is 19.3. The Morgan fingerprint density at radius 2 is 1.86 bits per heavy atom. The molecule has 1 amide bonds. The van der Waals surface area contributed by atoms with Gasteiger partial charge in [-0.05, 0) is 62.0 Å². The predicted octanol–water partition coefficient (Wildman–Crippen LogP) is 4.02. The maximum Gasteiger partial charge on any atom is 0.387 e. The van der Waals surface area contributed by atoms with Crippen LogP contribution in [0.1, 0.15) is 15.9 Å². The summed E-state index contributed by atoms with van der Waals surface area (Å²) in [7, 11) is 1.85. The maximum absolute atomic E-state index is 12.5. The number of halogens is 2. The van der Waals surface area contributed by atoms with Gasteiger partial charge in [-0.1, -0.05) is 0 Å². The third kappa shape index (κ3) is 6.57. The van der Waals surface area contributed by atoms with E-state index in [-0.39, 0.29) is 11.7 Å². The molecule has 2 heterocycles. The van der Waals surface area contributed by atoms with E-state index >= 15 is 0 Å². The number of amides is 1. The van der Waals surface area contributed by atoms with Gasteiger partial charge in [-0.15, -0.1) is 0 Å². The second kappa shape index (κ2) is 12.2. The average molecular weight is 511 g/mol. The predicted molar refractivity (Wildman–Crippen MR) is 137 cm³/mol. The van der Waals surface area contributed by atoms with Crippen LogP contribution >= 0.6 is 0 Å². The van der Waals surface area contributed by atoms with Crippen LogP contribution < -0.4 is 20.7 Å². The van der Waals surface area contributed by atoms with Crippen molar-refractivity contribution in [1.29, 1.82) is 0 Å². The maximum atomic E-state index is 12.5. The Balaban J connectivity index is 1.45. The highest BCUT2D eigenvalue weighted by molar-refractivity contribution is 5.96. The Kier molecular flexibility index (Phi) is 8.60. The number of hydrogen-bond acceptors (Lipinski definition) is 7. The van der Waals surface area contributed by atoms with Crippen LogP contribution in [-0.2, 0) is 4.74 Å². The topological polar surface area (TPSA) is 102 Å². The number of alkyl halides is 2. The molecule has 0 fully saturated rings. The number of rotatable bonds is 12. The second-order valence-electron chi connectivity index (χ2n) is 8.14. The third-order valence-corrected chi connectivity index (χ3v) is 5.57. The van der Waals surface area contributed by atoms with Crippen molar-refractivity contribution < 1.29 is 23.0 Å². The van der Waals surface area contributed by atoms with E-state index < -0.39 is 6.61 Å². The molecule has 0 aliphatic heterocycles. The molecule has 4 aromatic rings. The van der Waals surface area contributed by atoms with Gasteiger partial charge in [-0.2, -0.15) is 8.78 Å². The standard InChI is InChI=1S/C26H28F2N6O3/c1-17-15-19(5-8-21(17)25(35)31-11-14-36-13-10-29-2)33-23-24-32-16-22(34(24)12-9-30-23)18-3-6-20(7-4-18)37-26(27)28/h3-9,12,15-16,26,29H,10-11,13-14H2,1-2H3,(H,30,33)(H,31,35). The van der Waals surface area contributed by atoms with Crippen molar-refractivity contribution in [3.05, 3.63) is 72.2 Å². The van der Waals surface area contributed by atoms with Crippen molar-refractivity contribution in [1.82, 2.24) is 25.0 Å². The molecule has 194 valence electrons. The summed E-state index contributed by atoms with van der Waals surface area (Å²) in [6.07, 6.45) is 5.10. The lowest BCUT2D eigenvalue weighted by Crippen LogP contribution is -2.28. The minimum atomic E-state index is -2.87. The number of aryl methyl sites for hydroxylation is 1. The zero-order valence-corrected chi connectivity index (χ0v) is 20.5. The largest absolute Gasteiger partial charge is 0.435 e. The summed E-state index contributed by atoms with van der Waals surface area (Å²) < 4.78 is 36.6. The molecule has 0 aliphatic rings. The Labute approximate surface area is 212 Å². The number of nitrogens with one attached hydrogen (secondary N) is 3. The van der Waals surface area contributed by atoms with Gasteiger partial charge >= 0.3 is 6.61 Å². The minimum Gasteiger partial charge on any atom is -0.435 e.